The number of rotatable bonds is 9. The van der Waals surface area contributed by atoms with Gasteiger partial charge in [-0.3, -0.25) is 20.3 Å². The molecule has 1 aromatic carbocycles. The van der Waals surface area contributed by atoms with Crippen molar-refractivity contribution in [1.29, 1.82) is 5.41 Å². The number of halogens is 1. The van der Waals surface area contributed by atoms with Gasteiger partial charge in [0.05, 0.1) is 16.7 Å². The predicted octanol–water partition coefficient (Wildman–Crippen LogP) is 2.86. The van der Waals surface area contributed by atoms with Gasteiger partial charge in [-0.25, -0.2) is 14.4 Å². The second kappa shape index (κ2) is 9.64. The summed E-state index contributed by atoms with van der Waals surface area (Å²) in [6, 6.07) is 4.19. The molecule has 29 heavy (non-hydrogen) atoms. The van der Waals surface area contributed by atoms with Gasteiger partial charge in [-0.2, -0.15) is 0 Å². The quantitative estimate of drug-likeness (QED) is 0.373. The number of nitrogens with one attached hydrogen (secondary N) is 2. The highest BCUT2D eigenvalue weighted by Crippen LogP contribution is 2.27. The molecule has 2 aromatic rings. The van der Waals surface area contributed by atoms with Crippen LogP contribution in [0, 0.1) is 27.3 Å². The lowest BCUT2D eigenvalue weighted by Gasteiger charge is -2.16. The van der Waals surface area contributed by atoms with Crippen molar-refractivity contribution in [2.75, 3.05) is 26.0 Å². The molecule has 0 aliphatic rings. The third kappa shape index (κ3) is 6.57. The van der Waals surface area contributed by atoms with Gasteiger partial charge in [0.1, 0.15) is 12.1 Å². The van der Waals surface area contributed by atoms with Crippen molar-refractivity contribution in [3.63, 3.8) is 0 Å². The smallest absolute Gasteiger partial charge is 0.272 e. The maximum absolute atomic E-state index is 14.0. The average Bonchev–Trinajstić information content (AvgIpc) is 2.62. The van der Waals surface area contributed by atoms with Crippen molar-refractivity contribution in [2.24, 2.45) is 5.92 Å². The molecule has 0 unspecified atom stereocenters. The second-order valence-electron chi connectivity index (χ2n) is 6.72. The van der Waals surface area contributed by atoms with Gasteiger partial charge >= 0.3 is 0 Å². The van der Waals surface area contributed by atoms with E-state index in [-0.39, 0.29) is 29.1 Å². The molecular weight excluding hydrogens is 383 g/mol. The van der Waals surface area contributed by atoms with Gasteiger partial charge < -0.3 is 15.0 Å². The number of nitrogens with zero attached hydrogens (tertiary/aromatic N) is 4. The van der Waals surface area contributed by atoms with E-state index in [0.29, 0.717) is 6.42 Å². The van der Waals surface area contributed by atoms with Crippen LogP contribution in [0.25, 0.3) is 0 Å². The normalized spacial score (nSPS) is 11.8. The van der Waals surface area contributed by atoms with Gasteiger partial charge in [0.2, 0.25) is 5.88 Å². The topological polar surface area (TPSA) is 134 Å². The standard InChI is InChI=1S/C18H21FN6O4/c1-11(9-24(2)3)6-14(20)18(26)23-16-8-17(22-10-21-16)29-15-5-4-12(25(27)28)7-13(15)19/h4-5,7-8,10-11,20H,6,9H2,1-3H3,(H,21,22,23,26)/t11-/m0/s1. The maximum Gasteiger partial charge on any atom is 0.272 e. The SMILES string of the molecule is C[C@@H](CC(=N)C(=O)Nc1cc(Oc2ccc([N+](=O)[O-])cc2F)ncn1)CN(C)C. The van der Waals surface area contributed by atoms with Crippen LogP contribution in [-0.2, 0) is 4.79 Å². The van der Waals surface area contributed by atoms with Gasteiger partial charge in [0.25, 0.3) is 11.6 Å². The minimum absolute atomic E-state index is 0.0736. The van der Waals surface area contributed by atoms with E-state index in [1.165, 1.54) is 6.07 Å². The molecular formula is C18H21FN6O4. The van der Waals surface area contributed by atoms with Crippen LogP contribution in [0.3, 0.4) is 0 Å². The number of carbonyl (C=O) groups is 1. The van der Waals surface area contributed by atoms with Crippen molar-refractivity contribution in [3.05, 3.63) is 46.5 Å². The highest BCUT2D eigenvalue weighted by Gasteiger charge is 2.16. The summed E-state index contributed by atoms with van der Waals surface area (Å²) in [6.07, 6.45) is 1.40. The van der Waals surface area contributed by atoms with Gasteiger partial charge in [-0.15, -0.1) is 0 Å². The third-order valence-electron chi connectivity index (χ3n) is 3.73. The zero-order valence-corrected chi connectivity index (χ0v) is 16.2. The summed E-state index contributed by atoms with van der Waals surface area (Å²) in [5, 5.41) is 21.1. The first kappa shape index (κ1) is 21.8. The van der Waals surface area contributed by atoms with Gasteiger partial charge in [-0.1, -0.05) is 6.92 Å². The fourth-order valence-corrected chi connectivity index (χ4v) is 2.58. The van der Waals surface area contributed by atoms with Crippen LogP contribution in [0.4, 0.5) is 15.9 Å². The van der Waals surface area contributed by atoms with E-state index in [2.05, 4.69) is 15.3 Å². The lowest BCUT2D eigenvalue weighted by Crippen LogP contribution is -2.27. The van der Waals surface area contributed by atoms with Gasteiger partial charge in [0.15, 0.2) is 11.6 Å². The zero-order chi connectivity index (χ0) is 21.6. The molecule has 11 heteroatoms. The van der Waals surface area contributed by atoms with Crippen molar-refractivity contribution in [2.45, 2.75) is 13.3 Å². The molecule has 0 fully saturated rings. The van der Waals surface area contributed by atoms with Crippen LogP contribution in [0.15, 0.2) is 30.6 Å². The van der Waals surface area contributed by atoms with E-state index in [9.17, 15) is 19.3 Å². The Bertz CT molecular complexity index is 921. The molecule has 154 valence electrons. The second-order valence-corrected chi connectivity index (χ2v) is 6.72. The number of ether oxygens (including phenoxy) is 1. The summed E-state index contributed by atoms with van der Waals surface area (Å²) in [5.74, 6) is -1.68. The summed E-state index contributed by atoms with van der Waals surface area (Å²) >= 11 is 0. The summed E-state index contributed by atoms with van der Waals surface area (Å²) in [7, 11) is 3.83. The average molecular weight is 404 g/mol. The highest BCUT2D eigenvalue weighted by molar-refractivity contribution is 6.41. The number of aromatic nitrogens is 2. The van der Waals surface area contributed by atoms with Crippen molar-refractivity contribution < 1.29 is 18.8 Å². The molecule has 0 saturated heterocycles. The Morgan fingerprint density at radius 2 is 2.10 bits per heavy atom. The zero-order valence-electron chi connectivity index (χ0n) is 16.2. The molecule has 1 atom stereocenters. The lowest BCUT2D eigenvalue weighted by atomic mass is 10.0. The van der Waals surface area contributed by atoms with E-state index in [0.717, 1.165) is 31.1 Å². The van der Waals surface area contributed by atoms with Crippen molar-refractivity contribution in [3.8, 4) is 11.6 Å². The van der Waals surface area contributed by atoms with E-state index < -0.39 is 22.3 Å². The van der Waals surface area contributed by atoms with Gasteiger partial charge in [-0.05, 0) is 32.5 Å². The molecule has 2 N–H and O–H groups in total. The summed E-state index contributed by atoms with van der Waals surface area (Å²) in [4.78, 5) is 31.8. The Labute approximate surface area is 166 Å². The van der Waals surface area contributed by atoms with Crippen molar-refractivity contribution in [1.82, 2.24) is 14.9 Å². The molecule has 0 saturated carbocycles. The van der Waals surface area contributed by atoms with Crippen LogP contribution >= 0.6 is 0 Å². The molecule has 0 radical (unpaired) electrons. The van der Waals surface area contributed by atoms with Gasteiger partial charge in [0, 0.05) is 18.7 Å². The first-order valence-electron chi connectivity index (χ1n) is 8.63. The number of carbonyl (C=O) groups excluding carboxylic acids is 1. The molecule has 0 aliphatic heterocycles. The van der Waals surface area contributed by atoms with E-state index in [4.69, 9.17) is 10.1 Å². The number of anilines is 1. The predicted molar refractivity (Wildman–Crippen MR) is 104 cm³/mol. The Balaban J connectivity index is 2.03. The minimum Gasteiger partial charge on any atom is -0.436 e. The molecule has 0 bridgehead atoms. The fourth-order valence-electron chi connectivity index (χ4n) is 2.58. The summed E-state index contributed by atoms with van der Waals surface area (Å²) in [6.45, 7) is 2.68. The molecule has 0 aliphatic carbocycles. The monoisotopic (exact) mass is 404 g/mol. The van der Waals surface area contributed by atoms with E-state index >= 15 is 0 Å². The van der Waals surface area contributed by atoms with Crippen LogP contribution in [0.5, 0.6) is 11.6 Å². The molecule has 0 spiro atoms. The third-order valence-corrected chi connectivity index (χ3v) is 3.73. The largest absolute Gasteiger partial charge is 0.436 e. The summed E-state index contributed by atoms with van der Waals surface area (Å²) < 4.78 is 19.2. The first-order chi connectivity index (χ1) is 13.7. The molecule has 10 nitrogen and oxygen atoms in total. The Morgan fingerprint density at radius 3 is 2.72 bits per heavy atom. The van der Waals surface area contributed by atoms with Crippen LogP contribution in [0.2, 0.25) is 0 Å². The van der Waals surface area contributed by atoms with Crippen LogP contribution in [-0.4, -0.2) is 52.1 Å². The number of nitro benzene ring substituents is 1. The molecule has 2 rings (SSSR count). The Hall–Kier alpha value is -3.47. The fraction of sp³-hybridized carbons (Fsp3) is 0.333. The first-order valence-corrected chi connectivity index (χ1v) is 8.63. The number of hydrogen-bond donors (Lipinski definition) is 2. The maximum atomic E-state index is 14.0. The number of non-ortho nitro benzene ring substituents is 1. The highest BCUT2D eigenvalue weighted by atomic mass is 19.1. The summed E-state index contributed by atoms with van der Waals surface area (Å²) in [5.41, 5.74) is -0.505. The molecule has 1 heterocycles. The van der Waals surface area contributed by atoms with E-state index in [1.54, 1.807) is 0 Å². The minimum atomic E-state index is -0.931. The van der Waals surface area contributed by atoms with Crippen LogP contribution < -0.4 is 10.1 Å². The number of nitro groups is 1. The number of hydrogen-bond acceptors (Lipinski definition) is 8. The number of benzene rings is 1. The molecule has 1 amide bonds. The van der Waals surface area contributed by atoms with E-state index in [1.807, 2.05) is 25.9 Å². The Kier molecular flexibility index (Phi) is 7.26. The number of amides is 1. The lowest BCUT2D eigenvalue weighted by molar-refractivity contribution is -0.385. The van der Waals surface area contributed by atoms with Crippen LogP contribution in [0.1, 0.15) is 13.3 Å². The Morgan fingerprint density at radius 1 is 1.38 bits per heavy atom. The van der Waals surface area contributed by atoms with Crippen molar-refractivity contribution >= 4 is 23.1 Å². The molecule has 1 aromatic heterocycles.